The first-order valence-electron chi connectivity index (χ1n) is 5.69. The van der Waals surface area contributed by atoms with E-state index in [-0.39, 0.29) is 6.61 Å². The summed E-state index contributed by atoms with van der Waals surface area (Å²) in [5.74, 6) is 0.845. The van der Waals surface area contributed by atoms with Crippen LogP contribution in [0.2, 0.25) is 0 Å². The van der Waals surface area contributed by atoms with Crippen molar-refractivity contribution in [1.29, 1.82) is 0 Å². The summed E-state index contributed by atoms with van der Waals surface area (Å²) in [4.78, 5) is 0. The van der Waals surface area contributed by atoms with Gasteiger partial charge in [-0.05, 0) is 79.9 Å². The molecule has 1 aromatic rings. The van der Waals surface area contributed by atoms with Crippen LogP contribution in [-0.4, -0.2) is 44.6 Å². The van der Waals surface area contributed by atoms with Gasteiger partial charge < -0.3 is 19.9 Å². The van der Waals surface area contributed by atoms with Crippen LogP contribution in [0, 0.1) is 10.7 Å². The van der Waals surface area contributed by atoms with E-state index in [9.17, 15) is 5.11 Å². The number of ether oxygens (including phenoxy) is 2. The summed E-state index contributed by atoms with van der Waals surface area (Å²) in [6.07, 6.45) is -0.525. The van der Waals surface area contributed by atoms with Crippen LogP contribution in [0.1, 0.15) is 0 Å². The van der Waals surface area contributed by atoms with Gasteiger partial charge in [-0.15, -0.1) is 0 Å². The fourth-order valence-corrected chi connectivity index (χ4v) is 5.24. The van der Waals surface area contributed by atoms with Crippen LogP contribution in [0.4, 0.5) is 0 Å². The molecule has 0 aliphatic rings. The maximum Gasteiger partial charge on any atom is 0.146 e. The fourth-order valence-electron chi connectivity index (χ4n) is 1.35. The van der Waals surface area contributed by atoms with E-state index in [1.54, 1.807) is 7.11 Å². The highest BCUT2D eigenvalue weighted by molar-refractivity contribution is 14.1. The molecule has 19 heavy (non-hydrogen) atoms. The quantitative estimate of drug-likeness (QED) is 0.355. The van der Waals surface area contributed by atoms with E-state index in [0.29, 0.717) is 13.2 Å². The van der Waals surface area contributed by atoms with Gasteiger partial charge in [-0.2, -0.15) is 0 Å². The smallest absolute Gasteiger partial charge is 0.146 e. The van der Waals surface area contributed by atoms with Crippen molar-refractivity contribution < 1.29 is 14.6 Å². The number of methoxy groups -OCH3 is 1. The third-order valence-corrected chi connectivity index (χ3v) is 4.47. The minimum absolute atomic E-state index is 0.284. The van der Waals surface area contributed by atoms with Crippen LogP contribution in [0.15, 0.2) is 12.1 Å². The van der Waals surface area contributed by atoms with Gasteiger partial charge in [0.25, 0.3) is 0 Å². The zero-order chi connectivity index (χ0) is 14.3. The van der Waals surface area contributed by atoms with Crippen molar-refractivity contribution in [2.24, 2.45) is 0 Å². The van der Waals surface area contributed by atoms with E-state index in [4.69, 9.17) is 9.47 Å². The van der Waals surface area contributed by atoms with Gasteiger partial charge in [-0.25, -0.2) is 0 Å². The number of nitrogens with one attached hydrogen (secondary N) is 1. The minimum Gasteiger partial charge on any atom is -0.489 e. The number of rotatable bonds is 8. The van der Waals surface area contributed by atoms with E-state index in [2.05, 4.69) is 85.2 Å². The van der Waals surface area contributed by atoms with Gasteiger partial charge in [0.1, 0.15) is 18.5 Å². The number of aliphatic hydroxyl groups is 1. The Morgan fingerprint density at radius 2 is 1.89 bits per heavy atom. The lowest BCUT2D eigenvalue weighted by atomic mass is 10.3. The minimum atomic E-state index is -0.525. The van der Waals surface area contributed by atoms with E-state index >= 15 is 0 Å². The summed E-state index contributed by atoms with van der Waals surface area (Å²) >= 11 is 6.78. The second-order valence-electron chi connectivity index (χ2n) is 3.86. The Labute approximate surface area is 154 Å². The SMILES string of the molecule is COCCNCC(O)COc1c(I)cc(I)cc1I. The van der Waals surface area contributed by atoms with Crippen molar-refractivity contribution in [3.05, 3.63) is 22.8 Å². The van der Waals surface area contributed by atoms with Gasteiger partial charge in [0.15, 0.2) is 0 Å². The molecule has 0 aromatic heterocycles. The van der Waals surface area contributed by atoms with Gasteiger partial charge >= 0.3 is 0 Å². The highest BCUT2D eigenvalue weighted by Crippen LogP contribution is 2.29. The Morgan fingerprint density at radius 3 is 2.47 bits per heavy atom. The monoisotopic (exact) mass is 603 g/mol. The molecule has 0 radical (unpaired) electrons. The number of benzene rings is 1. The first-order valence-corrected chi connectivity index (χ1v) is 8.93. The number of aliphatic hydroxyl groups excluding tert-OH is 1. The van der Waals surface area contributed by atoms with E-state index < -0.39 is 6.10 Å². The van der Waals surface area contributed by atoms with E-state index in [0.717, 1.165) is 19.4 Å². The predicted molar refractivity (Wildman–Crippen MR) is 101 cm³/mol. The van der Waals surface area contributed by atoms with Crippen LogP contribution >= 0.6 is 67.8 Å². The standard InChI is InChI=1S/C12H16I3NO3/c1-18-3-2-16-6-9(17)7-19-12-10(14)4-8(13)5-11(12)15/h4-5,9,16-17H,2-3,6-7H2,1H3. The highest BCUT2D eigenvalue weighted by atomic mass is 127. The number of halogens is 3. The molecule has 1 rings (SSSR count). The van der Waals surface area contributed by atoms with Gasteiger partial charge in [0, 0.05) is 23.8 Å². The van der Waals surface area contributed by atoms with Gasteiger partial charge in [-0.1, -0.05) is 0 Å². The molecule has 0 amide bonds. The topological polar surface area (TPSA) is 50.7 Å². The third kappa shape index (κ3) is 7.07. The number of hydrogen-bond acceptors (Lipinski definition) is 4. The Bertz CT molecular complexity index is 381. The molecule has 0 bridgehead atoms. The van der Waals surface area contributed by atoms with Crippen LogP contribution in [0.5, 0.6) is 5.75 Å². The molecule has 108 valence electrons. The molecular weight excluding hydrogens is 587 g/mol. The summed E-state index contributed by atoms with van der Waals surface area (Å²) in [5, 5.41) is 12.9. The Balaban J connectivity index is 2.40. The van der Waals surface area contributed by atoms with Crippen LogP contribution in [0.25, 0.3) is 0 Å². The Kier molecular flexibility index (Phi) is 9.47. The van der Waals surface area contributed by atoms with Crippen molar-refractivity contribution >= 4 is 67.8 Å². The van der Waals surface area contributed by atoms with Crippen molar-refractivity contribution in [1.82, 2.24) is 5.32 Å². The van der Waals surface area contributed by atoms with Crippen molar-refractivity contribution in [2.75, 3.05) is 33.4 Å². The Morgan fingerprint density at radius 1 is 1.26 bits per heavy atom. The van der Waals surface area contributed by atoms with Crippen LogP contribution < -0.4 is 10.1 Å². The van der Waals surface area contributed by atoms with Crippen LogP contribution in [0.3, 0.4) is 0 Å². The molecule has 1 atom stereocenters. The Hall–Kier alpha value is 1.09. The molecule has 0 saturated carbocycles. The molecule has 1 aromatic carbocycles. The molecule has 0 aliphatic heterocycles. The van der Waals surface area contributed by atoms with Crippen molar-refractivity contribution in [3.63, 3.8) is 0 Å². The lowest BCUT2D eigenvalue weighted by Gasteiger charge is -2.15. The molecule has 0 fully saturated rings. The largest absolute Gasteiger partial charge is 0.489 e. The summed E-state index contributed by atoms with van der Waals surface area (Å²) in [6.45, 7) is 2.15. The van der Waals surface area contributed by atoms with E-state index in [1.807, 2.05) is 0 Å². The molecule has 4 nitrogen and oxygen atoms in total. The molecule has 7 heteroatoms. The average Bonchev–Trinajstić information content (AvgIpc) is 2.33. The maximum absolute atomic E-state index is 9.81. The lowest BCUT2D eigenvalue weighted by Crippen LogP contribution is -2.33. The third-order valence-electron chi connectivity index (χ3n) is 2.25. The molecule has 2 N–H and O–H groups in total. The number of hydrogen-bond donors (Lipinski definition) is 2. The first-order chi connectivity index (χ1) is 9.04. The molecule has 0 aliphatic carbocycles. The lowest BCUT2D eigenvalue weighted by molar-refractivity contribution is 0.102. The maximum atomic E-state index is 9.81. The predicted octanol–water partition coefficient (Wildman–Crippen LogP) is 2.48. The average molecular weight is 603 g/mol. The summed E-state index contributed by atoms with van der Waals surface area (Å²) in [5.41, 5.74) is 0. The highest BCUT2D eigenvalue weighted by Gasteiger charge is 2.11. The zero-order valence-corrected chi connectivity index (χ0v) is 16.9. The summed E-state index contributed by atoms with van der Waals surface area (Å²) in [7, 11) is 1.65. The van der Waals surface area contributed by atoms with Gasteiger partial charge in [0.05, 0.1) is 13.7 Å². The molecule has 0 saturated heterocycles. The molecule has 0 spiro atoms. The second kappa shape index (κ2) is 9.92. The summed E-state index contributed by atoms with van der Waals surface area (Å²) < 4.78 is 13.9. The van der Waals surface area contributed by atoms with Crippen LogP contribution in [-0.2, 0) is 4.74 Å². The zero-order valence-electron chi connectivity index (χ0n) is 10.5. The van der Waals surface area contributed by atoms with E-state index in [1.165, 1.54) is 3.57 Å². The van der Waals surface area contributed by atoms with Crippen molar-refractivity contribution in [3.8, 4) is 5.75 Å². The van der Waals surface area contributed by atoms with Gasteiger partial charge in [-0.3, -0.25) is 0 Å². The fraction of sp³-hybridized carbons (Fsp3) is 0.500. The first kappa shape index (κ1) is 18.1. The molecule has 0 heterocycles. The second-order valence-corrected chi connectivity index (χ2v) is 7.43. The summed E-state index contributed by atoms with van der Waals surface area (Å²) in [6, 6.07) is 4.11. The molecule has 1 unspecified atom stereocenters. The molecular formula is C12H16I3NO3. The van der Waals surface area contributed by atoms with Gasteiger partial charge in [0.2, 0.25) is 0 Å². The normalized spacial score (nSPS) is 12.5. The van der Waals surface area contributed by atoms with Crippen molar-refractivity contribution in [2.45, 2.75) is 6.10 Å².